The topological polar surface area (TPSA) is 85.9 Å². The molecule has 0 aliphatic carbocycles. The average molecular weight is 386 g/mol. The van der Waals surface area contributed by atoms with Gasteiger partial charge in [0.1, 0.15) is 17.2 Å². The van der Waals surface area contributed by atoms with Crippen LogP contribution in [0.5, 0.6) is 17.2 Å². The highest BCUT2D eigenvalue weighted by Crippen LogP contribution is 2.22. The van der Waals surface area contributed by atoms with Crippen molar-refractivity contribution in [2.24, 2.45) is 0 Å². The van der Waals surface area contributed by atoms with Gasteiger partial charge in [-0.15, -0.1) is 0 Å². The van der Waals surface area contributed by atoms with Crippen molar-refractivity contribution in [3.63, 3.8) is 0 Å². The van der Waals surface area contributed by atoms with Gasteiger partial charge in [0.25, 0.3) is 11.8 Å². The molecule has 0 aromatic heterocycles. The number of benzene rings is 2. The molecule has 2 amide bonds. The molecule has 0 fully saturated rings. The summed E-state index contributed by atoms with van der Waals surface area (Å²) < 4.78 is 15.9. The highest BCUT2D eigenvalue weighted by Gasteiger charge is 2.12. The first kappa shape index (κ1) is 21.1. The van der Waals surface area contributed by atoms with Gasteiger partial charge in [-0.3, -0.25) is 20.4 Å². The van der Waals surface area contributed by atoms with Gasteiger partial charge in [0.05, 0.1) is 20.8 Å². The van der Waals surface area contributed by atoms with E-state index in [1.54, 1.807) is 42.5 Å². The van der Waals surface area contributed by atoms with Gasteiger partial charge in [-0.2, -0.15) is 0 Å². The lowest BCUT2D eigenvalue weighted by Gasteiger charge is -2.11. The number of amides is 2. The van der Waals surface area contributed by atoms with Gasteiger partial charge in [-0.1, -0.05) is 19.8 Å². The monoisotopic (exact) mass is 386 g/mol. The lowest BCUT2D eigenvalue weighted by atomic mass is 10.2. The van der Waals surface area contributed by atoms with Crippen LogP contribution in [0.1, 0.15) is 46.9 Å². The SMILES string of the molecule is CCCCCOc1ccc(C(=O)NNC(=O)c2cc(OC)cc(OC)c2)cc1. The molecule has 0 aliphatic heterocycles. The zero-order chi connectivity index (χ0) is 20.4. The lowest BCUT2D eigenvalue weighted by molar-refractivity contribution is 0.0846. The van der Waals surface area contributed by atoms with E-state index in [0.717, 1.165) is 19.3 Å². The molecule has 7 heteroatoms. The van der Waals surface area contributed by atoms with E-state index in [1.165, 1.54) is 14.2 Å². The number of carbonyl (C=O) groups is 2. The van der Waals surface area contributed by atoms with E-state index in [1.807, 2.05) is 0 Å². The van der Waals surface area contributed by atoms with Crippen molar-refractivity contribution in [1.82, 2.24) is 10.9 Å². The Balaban J connectivity index is 1.90. The fraction of sp³-hybridized carbons (Fsp3) is 0.333. The molecule has 0 bridgehead atoms. The number of hydrazine groups is 1. The molecule has 0 aliphatic rings. The molecule has 0 atom stereocenters. The quantitative estimate of drug-likeness (QED) is 0.510. The number of unbranched alkanes of at least 4 members (excludes halogenated alkanes) is 2. The van der Waals surface area contributed by atoms with Crippen molar-refractivity contribution in [3.05, 3.63) is 53.6 Å². The highest BCUT2D eigenvalue weighted by atomic mass is 16.5. The van der Waals surface area contributed by atoms with E-state index in [4.69, 9.17) is 14.2 Å². The van der Waals surface area contributed by atoms with Gasteiger partial charge in [0, 0.05) is 17.2 Å². The smallest absolute Gasteiger partial charge is 0.269 e. The zero-order valence-electron chi connectivity index (χ0n) is 16.4. The molecule has 28 heavy (non-hydrogen) atoms. The molecule has 0 radical (unpaired) electrons. The molecule has 2 N–H and O–H groups in total. The van der Waals surface area contributed by atoms with Crippen LogP contribution >= 0.6 is 0 Å². The number of methoxy groups -OCH3 is 2. The maximum absolute atomic E-state index is 12.3. The van der Waals surface area contributed by atoms with Crippen LogP contribution in [0, 0.1) is 0 Å². The van der Waals surface area contributed by atoms with E-state index in [-0.39, 0.29) is 0 Å². The van der Waals surface area contributed by atoms with E-state index in [0.29, 0.717) is 35.0 Å². The summed E-state index contributed by atoms with van der Waals surface area (Å²) in [5, 5.41) is 0. The molecule has 0 saturated heterocycles. The van der Waals surface area contributed by atoms with E-state index < -0.39 is 11.8 Å². The zero-order valence-corrected chi connectivity index (χ0v) is 16.4. The van der Waals surface area contributed by atoms with Crippen LogP contribution in [0.4, 0.5) is 0 Å². The third-order valence-corrected chi connectivity index (χ3v) is 4.04. The van der Waals surface area contributed by atoms with E-state index >= 15 is 0 Å². The largest absolute Gasteiger partial charge is 0.497 e. The van der Waals surface area contributed by atoms with E-state index in [2.05, 4.69) is 17.8 Å². The second-order valence-corrected chi connectivity index (χ2v) is 6.09. The maximum Gasteiger partial charge on any atom is 0.269 e. The van der Waals surface area contributed by atoms with Gasteiger partial charge in [-0.05, 0) is 42.8 Å². The Labute approximate surface area is 165 Å². The molecule has 2 aromatic carbocycles. The molecule has 0 spiro atoms. The Bertz CT molecular complexity index is 768. The molecule has 0 heterocycles. The van der Waals surface area contributed by atoms with Crippen molar-refractivity contribution in [2.75, 3.05) is 20.8 Å². The third-order valence-electron chi connectivity index (χ3n) is 4.04. The summed E-state index contributed by atoms with van der Waals surface area (Å²) >= 11 is 0. The normalized spacial score (nSPS) is 10.1. The van der Waals surface area contributed by atoms with Crippen molar-refractivity contribution >= 4 is 11.8 Å². The third kappa shape index (κ3) is 6.19. The van der Waals surface area contributed by atoms with Crippen LogP contribution in [0.15, 0.2) is 42.5 Å². The number of ether oxygens (including phenoxy) is 3. The first-order valence-electron chi connectivity index (χ1n) is 9.14. The molecular formula is C21H26N2O5. The molecule has 0 saturated carbocycles. The summed E-state index contributed by atoms with van der Waals surface area (Å²) in [6.45, 7) is 2.79. The van der Waals surface area contributed by atoms with Crippen LogP contribution in [0.3, 0.4) is 0 Å². The minimum absolute atomic E-state index is 0.298. The predicted octanol–water partition coefficient (Wildman–Crippen LogP) is 3.35. The van der Waals surface area contributed by atoms with Crippen molar-refractivity contribution in [1.29, 1.82) is 0 Å². The first-order chi connectivity index (χ1) is 13.6. The average Bonchev–Trinajstić information content (AvgIpc) is 2.74. The first-order valence-corrected chi connectivity index (χ1v) is 9.14. The molecule has 0 unspecified atom stereocenters. The summed E-state index contributed by atoms with van der Waals surface area (Å²) in [4.78, 5) is 24.5. The summed E-state index contributed by atoms with van der Waals surface area (Å²) in [5.74, 6) is 0.748. The predicted molar refractivity (Wildman–Crippen MR) is 106 cm³/mol. The van der Waals surface area contributed by atoms with Gasteiger partial charge < -0.3 is 14.2 Å². The summed E-state index contributed by atoms with van der Waals surface area (Å²) in [6.07, 6.45) is 3.26. The Hall–Kier alpha value is -3.22. The highest BCUT2D eigenvalue weighted by molar-refractivity contribution is 5.99. The van der Waals surface area contributed by atoms with Crippen LogP contribution in [0.25, 0.3) is 0 Å². The fourth-order valence-electron chi connectivity index (χ4n) is 2.44. The van der Waals surface area contributed by atoms with E-state index in [9.17, 15) is 9.59 Å². The van der Waals surface area contributed by atoms with Gasteiger partial charge >= 0.3 is 0 Å². The standard InChI is InChI=1S/C21H26N2O5/c1-4-5-6-11-28-17-9-7-15(8-10-17)20(24)22-23-21(25)16-12-18(26-2)14-19(13-16)27-3/h7-10,12-14H,4-6,11H2,1-3H3,(H,22,24)(H,23,25). The molecule has 7 nitrogen and oxygen atoms in total. The Morgan fingerprint density at radius 1 is 0.786 bits per heavy atom. The summed E-state index contributed by atoms with van der Waals surface area (Å²) in [6, 6.07) is 11.5. The molecule has 2 aromatic rings. The molecule has 150 valence electrons. The van der Waals surface area contributed by atoms with Crippen molar-refractivity contribution < 1.29 is 23.8 Å². The van der Waals surface area contributed by atoms with Crippen molar-refractivity contribution in [2.45, 2.75) is 26.2 Å². The van der Waals surface area contributed by atoms with Crippen LogP contribution in [-0.4, -0.2) is 32.6 Å². The van der Waals surface area contributed by atoms with Crippen molar-refractivity contribution in [3.8, 4) is 17.2 Å². The molecule has 2 rings (SSSR count). The van der Waals surface area contributed by atoms with Crippen LogP contribution < -0.4 is 25.1 Å². The summed E-state index contributed by atoms with van der Waals surface area (Å²) in [7, 11) is 2.99. The second-order valence-electron chi connectivity index (χ2n) is 6.09. The molecular weight excluding hydrogens is 360 g/mol. The number of rotatable bonds is 9. The van der Waals surface area contributed by atoms with Crippen LogP contribution in [0.2, 0.25) is 0 Å². The second kappa shape index (κ2) is 10.8. The van der Waals surface area contributed by atoms with Gasteiger partial charge in [0.15, 0.2) is 0 Å². The summed E-state index contributed by atoms with van der Waals surface area (Å²) in [5.41, 5.74) is 5.48. The number of hydrogen-bond acceptors (Lipinski definition) is 5. The Morgan fingerprint density at radius 2 is 1.36 bits per heavy atom. The lowest BCUT2D eigenvalue weighted by Crippen LogP contribution is -2.41. The number of hydrogen-bond donors (Lipinski definition) is 2. The minimum Gasteiger partial charge on any atom is -0.497 e. The Kier molecular flexibility index (Phi) is 8.14. The Morgan fingerprint density at radius 3 is 1.89 bits per heavy atom. The van der Waals surface area contributed by atoms with Crippen LogP contribution in [-0.2, 0) is 0 Å². The van der Waals surface area contributed by atoms with Gasteiger partial charge in [-0.25, -0.2) is 0 Å². The minimum atomic E-state index is -0.485. The fourth-order valence-corrected chi connectivity index (χ4v) is 2.44. The van der Waals surface area contributed by atoms with Gasteiger partial charge in [0.2, 0.25) is 0 Å². The number of nitrogens with one attached hydrogen (secondary N) is 2. The maximum atomic E-state index is 12.3. The number of carbonyl (C=O) groups excluding carboxylic acids is 2.